The average molecular weight is 473 g/mol. The van der Waals surface area contributed by atoms with Gasteiger partial charge >= 0.3 is 0 Å². The molecule has 176 valence electrons. The molecule has 0 atom stereocenters. The number of nitrogens with one attached hydrogen (secondary N) is 1. The highest BCUT2D eigenvalue weighted by atomic mass is 32.2. The number of benzene rings is 2. The number of carbonyl (C=O) groups is 1. The molecule has 0 radical (unpaired) electrons. The molecule has 3 rings (SSSR count). The zero-order chi connectivity index (χ0) is 24.0. The molecule has 0 spiro atoms. The molecule has 0 aliphatic rings. The van der Waals surface area contributed by atoms with Crippen LogP contribution in [-0.4, -0.2) is 47.9 Å². The summed E-state index contributed by atoms with van der Waals surface area (Å²) >= 11 is 0. The van der Waals surface area contributed by atoms with E-state index in [2.05, 4.69) is 10.3 Å². The number of hydrogen-bond donors (Lipinski definition) is 1. The van der Waals surface area contributed by atoms with Crippen molar-refractivity contribution in [2.24, 2.45) is 0 Å². The molecular weight excluding hydrogens is 444 g/mol. The number of nitrogens with zero attached hydrogens (tertiary/aromatic N) is 3. The molecule has 3 aromatic rings. The molecule has 0 saturated heterocycles. The minimum absolute atomic E-state index is 0.000739. The smallest absolute Gasteiger partial charge is 0.261 e. The highest BCUT2D eigenvalue weighted by molar-refractivity contribution is 7.89. The molecule has 0 saturated carbocycles. The molecule has 10 heteroatoms. The van der Waals surface area contributed by atoms with Crippen molar-refractivity contribution in [1.82, 2.24) is 13.9 Å². The number of ether oxygens (including phenoxy) is 1. The van der Waals surface area contributed by atoms with E-state index >= 15 is 0 Å². The SMILES string of the molecule is CCOc1ccc(NC(=O)CCn2cnc3ccccc3c2=O)cc1S(=O)(=O)N(CC)CC. The van der Waals surface area contributed by atoms with Crippen LogP contribution < -0.4 is 15.6 Å². The predicted octanol–water partition coefficient (Wildman–Crippen LogP) is 2.85. The van der Waals surface area contributed by atoms with Gasteiger partial charge in [0.1, 0.15) is 10.6 Å². The number of aryl methyl sites for hydroxylation is 1. The molecule has 33 heavy (non-hydrogen) atoms. The van der Waals surface area contributed by atoms with Crippen LogP contribution in [0.1, 0.15) is 27.2 Å². The van der Waals surface area contributed by atoms with Crippen molar-refractivity contribution >= 4 is 32.5 Å². The number of hydrogen-bond acceptors (Lipinski definition) is 6. The van der Waals surface area contributed by atoms with E-state index in [0.717, 1.165) is 0 Å². The summed E-state index contributed by atoms with van der Waals surface area (Å²) in [6.07, 6.45) is 1.44. The molecule has 2 aromatic carbocycles. The number of rotatable bonds is 10. The number of sulfonamides is 1. The molecule has 0 aliphatic heterocycles. The van der Waals surface area contributed by atoms with Gasteiger partial charge in [0.2, 0.25) is 15.9 Å². The molecular formula is C23H28N4O5S. The molecule has 1 amide bonds. The van der Waals surface area contributed by atoms with Crippen LogP contribution in [0.5, 0.6) is 5.75 Å². The van der Waals surface area contributed by atoms with Gasteiger partial charge in [-0.05, 0) is 37.3 Å². The van der Waals surface area contributed by atoms with Gasteiger partial charge in [-0.2, -0.15) is 4.31 Å². The molecule has 1 N–H and O–H groups in total. The van der Waals surface area contributed by atoms with E-state index in [1.54, 1.807) is 51.1 Å². The van der Waals surface area contributed by atoms with Crippen LogP contribution in [0, 0.1) is 0 Å². The Labute approximate surface area is 193 Å². The number of amides is 1. The largest absolute Gasteiger partial charge is 0.492 e. The third-order valence-corrected chi connectivity index (χ3v) is 7.23. The first-order valence-corrected chi connectivity index (χ1v) is 12.3. The maximum absolute atomic E-state index is 13.1. The monoisotopic (exact) mass is 472 g/mol. The molecule has 9 nitrogen and oxygen atoms in total. The zero-order valence-corrected chi connectivity index (χ0v) is 19.8. The van der Waals surface area contributed by atoms with E-state index in [1.807, 2.05) is 0 Å². The number of anilines is 1. The van der Waals surface area contributed by atoms with Crippen LogP contribution in [0.3, 0.4) is 0 Å². The minimum Gasteiger partial charge on any atom is -0.492 e. The van der Waals surface area contributed by atoms with E-state index < -0.39 is 10.0 Å². The Morgan fingerprint density at radius 1 is 1.12 bits per heavy atom. The van der Waals surface area contributed by atoms with Crippen molar-refractivity contribution < 1.29 is 17.9 Å². The second-order valence-corrected chi connectivity index (χ2v) is 9.15. The third-order valence-electron chi connectivity index (χ3n) is 5.16. The lowest BCUT2D eigenvalue weighted by Crippen LogP contribution is -2.31. The van der Waals surface area contributed by atoms with Crippen molar-refractivity contribution in [3.8, 4) is 5.75 Å². The Kier molecular flexibility index (Phi) is 7.83. The second kappa shape index (κ2) is 10.6. The summed E-state index contributed by atoms with van der Waals surface area (Å²) in [6, 6.07) is 11.5. The standard InChI is InChI=1S/C23H28N4O5S/c1-4-27(5-2)33(30,31)21-15-17(11-12-20(21)32-6-3)25-22(28)13-14-26-16-24-19-10-8-7-9-18(19)23(26)29/h7-12,15-16H,4-6,13-14H2,1-3H3,(H,25,28). The number of para-hydroxylation sites is 1. The molecule has 0 fully saturated rings. The maximum Gasteiger partial charge on any atom is 0.261 e. The first kappa shape index (κ1) is 24.4. The molecule has 0 unspecified atom stereocenters. The molecule has 1 heterocycles. The lowest BCUT2D eigenvalue weighted by molar-refractivity contribution is -0.116. The van der Waals surface area contributed by atoms with E-state index in [9.17, 15) is 18.0 Å². The molecule has 1 aromatic heterocycles. The average Bonchev–Trinajstić information content (AvgIpc) is 2.80. The summed E-state index contributed by atoms with van der Waals surface area (Å²) in [6.45, 7) is 6.37. The Morgan fingerprint density at radius 2 is 1.85 bits per heavy atom. The fraction of sp³-hybridized carbons (Fsp3) is 0.348. The lowest BCUT2D eigenvalue weighted by atomic mass is 10.2. The highest BCUT2D eigenvalue weighted by Crippen LogP contribution is 2.30. The van der Waals surface area contributed by atoms with E-state index in [1.165, 1.54) is 27.3 Å². The normalized spacial score (nSPS) is 11.6. The van der Waals surface area contributed by atoms with Crippen molar-refractivity contribution in [2.45, 2.75) is 38.6 Å². The van der Waals surface area contributed by atoms with Gasteiger partial charge in [-0.15, -0.1) is 0 Å². The predicted molar refractivity (Wildman–Crippen MR) is 127 cm³/mol. The Morgan fingerprint density at radius 3 is 2.55 bits per heavy atom. The van der Waals surface area contributed by atoms with Gasteiger partial charge in [0, 0.05) is 31.7 Å². The van der Waals surface area contributed by atoms with Crippen molar-refractivity contribution in [3.05, 3.63) is 59.1 Å². The lowest BCUT2D eigenvalue weighted by Gasteiger charge is -2.21. The summed E-state index contributed by atoms with van der Waals surface area (Å²) in [5, 5.41) is 3.20. The maximum atomic E-state index is 13.1. The Bertz CT molecular complexity index is 1300. The quantitative estimate of drug-likeness (QED) is 0.486. The van der Waals surface area contributed by atoms with E-state index in [0.29, 0.717) is 36.3 Å². The molecule has 0 bridgehead atoms. The van der Waals surface area contributed by atoms with Gasteiger partial charge in [0.15, 0.2) is 0 Å². The number of aromatic nitrogens is 2. The van der Waals surface area contributed by atoms with Crippen LogP contribution in [0.15, 0.2) is 58.5 Å². The van der Waals surface area contributed by atoms with Crippen LogP contribution >= 0.6 is 0 Å². The minimum atomic E-state index is -3.79. The second-order valence-electron chi connectivity index (χ2n) is 7.24. The van der Waals surface area contributed by atoms with Crippen molar-refractivity contribution in [3.63, 3.8) is 0 Å². The summed E-state index contributed by atoms with van der Waals surface area (Å²) in [5.41, 5.74) is 0.708. The van der Waals surface area contributed by atoms with Gasteiger partial charge in [-0.25, -0.2) is 13.4 Å². The Balaban J connectivity index is 1.78. The highest BCUT2D eigenvalue weighted by Gasteiger charge is 2.26. The van der Waals surface area contributed by atoms with Gasteiger partial charge < -0.3 is 10.1 Å². The first-order chi connectivity index (χ1) is 15.8. The van der Waals surface area contributed by atoms with Crippen LogP contribution in [0.4, 0.5) is 5.69 Å². The van der Waals surface area contributed by atoms with Gasteiger partial charge in [0.05, 0.1) is 23.8 Å². The summed E-state index contributed by atoms with van der Waals surface area (Å²) in [5.74, 6) is -0.124. The van der Waals surface area contributed by atoms with Gasteiger partial charge in [-0.1, -0.05) is 26.0 Å². The Hall–Kier alpha value is -3.24. The number of carbonyl (C=O) groups excluding carboxylic acids is 1. The van der Waals surface area contributed by atoms with Crippen LogP contribution in [0.25, 0.3) is 10.9 Å². The molecule has 0 aliphatic carbocycles. The number of fused-ring (bicyclic) bond motifs is 1. The van der Waals surface area contributed by atoms with Gasteiger partial charge in [0.25, 0.3) is 5.56 Å². The summed E-state index contributed by atoms with van der Waals surface area (Å²) < 4.78 is 34.4. The van der Waals surface area contributed by atoms with Crippen LogP contribution in [-0.2, 0) is 21.4 Å². The van der Waals surface area contributed by atoms with Gasteiger partial charge in [-0.3, -0.25) is 14.2 Å². The summed E-state index contributed by atoms with van der Waals surface area (Å²) in [4.78, 5) is 29.4. The fourth-order valence-electron chi connectivity index (χ4n) is 3.48. The first-order valence-electron chi connectivity index (χ1n) is 10.8. The van der Waals surface area contributed by atoms with E-state index in [-0.39, 0.29) is 35.1 Å². The summed E-state index contributed by atoms with van der Waals surface area (Å²) in [7, 11) is -3.79. The third kappa shape index (κ3) is 5.40. The zero-order valence-electron chi connectivity index (χ0n) is 18.9. The topological polar surface area (TPSA) is 111 Å². The van der Waals surface area contributed by atoms with Crippen molar-refractivity contribution in [1.29, 1.82) is 0 Å². The van der Waals surface area contributed by atoms with E-state index in [4.69, 9.17) is 4.74 Å². The van der Waals surface area contributed by atoms with Crippen LogP contribution in [0.2, 0.25) is 0 Å². The fourth-order valence-corrected chi connectivity index (χ4v) is 5.09. The van der Waals surface area contributed by atoms with Crippen molar-refractivity contribution in [2.75, 3.05) is 25.0 Å².